The molecule has 7 rings (SSSR count). The Morgan fingerprint density at radius 2 is 1.81 bits per heavy atom. The van der Waals surface area contributed by atoms with Crippen LogP contribution in [0.1, 0.15) is 81.9 Å². The van der Waals surface area contributed by atoms with Gasteiger partial charge >= 0.3 is 0 Å². The first-order valence-corrected chi connectivity index (χ1v) is 17.9. The van der Waals surface area contributed by atoms with Crippen LogP contribution in [0.2, 0.25) is 0 Å². The molecule has 4 atom stereocenters. The molecule has 1 aliphatic carbocycles. The van der Waals surface area contributed by atoms with Crippen LogP contribution >= 0.6 is 0 Å². The molecule has 47 heavy (non-hydrogen) atoms. The standard InChI is InChI=1S/C38H53N3O6/c1-2-9-36(39-24-33(43)30-14-16-32(42)37-31(30)15-17-35(44)40-37)46-23-8-20-41-21-18-27(19-22-41)34(25-41)47-26-38(45,29-12-6-7-13-29)28-10-4-3-5-11-28/h3-5,10-11,14-17,27,29,33-34,36,39,43,45H,2,6-9,12-13,18-26H2,1H3,(H-,40,42,44)/p+1/t27?,33-,34-,36?,38+,41?/m0/s1. The number of aliphatic hydroxyl groups is 2. The van der Waals surface area contributed by atoms with E-state index in [0.717, 1.165) is 55.2 Å². The first-order chi connectivity index (χ1) is 22.8. The summed E-state index contributed by atoms with van der Waals surface area (Å²) in [4.78, 5) is 14.4. The minimum Gasteiger partial charge on any atom is -0.506 e. The molecule has 4 fully saturated rings. The fourth-order valence-corrected chi connectivity index (χ4v) is 8.56. The molecular weight excluding hydrogens is 594 g/mol. The fourth-order valence-electron chi connectivity index (χ4n) is 8.56. The average Bonchev–Trinajstić information content (AvgIpc) is 3.65. The Hall–Kier alpha value is -2.79. The van der Waals surface area contributed by atoms with E-state index in [4.69, 9.17) is 9.47 Å². The summed E-state index contributed by atoms with van der Waals surface area (Å²) in [6.45, 7) is 7.87. The third-order valence-electron chi connectivity index (χ3n) is 11.3. The van der Waals surface area contributed by atoms with E-state index in [1.807, 2.05) is 18.2 Å². The maximum atomic E-state index is 12.0. The van der Waals surface area contributed by atoms with E-state index >= 15 is 0 Å². The predicted octanol–water partition coefficient (Wildman–Crippen LogP) is 5.09. The number of aliphatic hydroxyl groups excluding tert-OH is 1. The molecular formula is C38H54N3O6+. The van der Waals surface area contributed by atoms with E-state index in [9.17, 15) is 20.1 Å². The van der Waals surface area contributed by atoms with Gasteiger partial charge in [-0.25, -0.2) is 0 Å². The summed E-state index contributed by atoms with van der Waals surface area (Å²) < 4.78 is 14.1. The van der Waals surface area contributed by atoms with Crippen LogP contribution < -0.4 is 10.9 Å². The highest BCUT2D eigenvalue weighted by atomic mass is 16.5. The summed E-state index contributed by atoms with van der Waals surface area (Å²) in [5.41, 5.74) is 0.739. The van der Waals surface area contributed by atoms with Gasteiger partial charge in [-0.1, -0.05) is 62.6 Å². The number of hydrogen-bond donors (Lipinski definition) is 5. The summed E-state index contributed by atoms with van der Waals surface area (Å²) in [7, 11) is 0. The van der Waals surface area contributed by atoms with Crippen molar-refractivity contribution in [1.82, 2.24) is 10.3 Å². The molecule has 1 saturated carbocycles. The van der Waals surface area contributed by atoms with Crippen molar-refractivity contribution in [3.8, 4) is 5.75 Å². The number of quaternary nitrogens is 1. The molecule has 5 N–H and O–H groups in total. The number of fused-ring (bicyclic) bond motifs is 4. The lowest BCUT2D eigenvalue weighted by atomic mass is 9.80. The molecule has 256 valence electrons. The Morgan fingerprint density at radius 3 is 2.55 bits per heavy atom. The smallest absolute Gasteiger partial charge is 0.248 e. The molecule has 2 bridgehead atoms. The normalized spacial score (nSPS) is 25.6. The van der Waals surface area contributed by atoms with E-state index < -0.39 is 11.7 Å². The second kappa shape index (κ2) is 15.2. The molecule has 0 radical (unpaired) electrons. The van der Waals surface area contributed by atoms with Crippen LogP contribution in [0.15, 0.2) is 59.4 Å². The Morgan fingerprint density at radius 1 is 1.04 bits per heavy atom. The number of hydrogen-bond acceptors (Lipinski definition) is 7. The Balaban J connectivity index is 1.00. The second-order valence-electron chi connectivity index (χ2n) is 14.4. The van der Waals surface area contributed by atoms with Gasteiger partial charge in [0.05, 0.1) is 44.5 Å². The SMILES string of the molecule is CCCC(NC[C@H](O)c1ccc(O)c2[nH]c(=O)ccc12)OCCC[N+]12CCC(CC1)[C@@H](OC[C@@](O)(c1ccccc1)C1CCCC1)C2. The molecule has 2 aromatic carbocycles. The van der Waals surface area contributed by atoms with E-state index in [2.05, 4.69) is 29.4 Å². The summed E-state index contributed by atoms with van der Waals surface area (Å²) in [5.74, 6) is 0.808. The largest absolute Gasteiger partial charge is 0.506 e. The van der Waals surface area contributed by atoms with Crippen LogP contribution in [-0.2, 0) is 15.1 Å². The third-order valence-corrected chi connectivity index (χ3v) is 11.3. The Kier molecular flexibility index (Phi) is 11.0. The molecule has 9 nitrogen and oxygen atoms in total. The number of phenolic OH excluding ortho intramolecular Hbond substituents is 1. The van der Waals surface area contributed by atoms with Crippen LogP contribution in [0, 0.1) is 11.8 Å². The lowest BCUT2D eigenvalue weighted by molar-refractivity contribution is -0.946. The molecule has 4 aliphatic rings. The number of phenols is 1. The minimum absolute atomic E-state index is 0.0197. The van der Waals surface area contributed by atoms with E-state index in [0.29, 0.717) is 42.1 Å². The van der Waals surface area contributed by atoms with Gasteiger partial charge in [-0.15, -0.1) is 0 Å². The van der Waals surface area contributed by atoms with Gasteiger partial charge in [0.2, 0.25) is 5.56 Å². The molecule has 0 amide bonds. The highest BCUT2D eigenvalue weighted by Gasteiger charge is 2.48. The van der Waals surface area contributed by atoms with Crippen LogP contribution in [0.25, 0.3) is 10.9 Å². The van der Waals surface area contributed by atoms with Gasteiger partial charge in [-0.2, -0.15) is 0 Å². The summed E-state index contributed by atoms with van der Waals surface area (Å²) in [6.07, 6.45) is 8.76. The number of pyridine rings is 1. The first kappa shape index (κ1) is 34.1. The maximum absolute atomic E-state index is 12.0. The molecule has 9 heteroatoms. The van der Waals surface area contributed by atoms with Crippen LogP contribution in [-0.4, -0.2) is 83.1 Å². The third kappa shape index (κ3) is 7.77. The number of nitrogens with one attached hydrogen (secondary N) is 2. The zero-order valence-corrected chi connectivity index (χ0v) is 27.9. The fraction of sp³-hybridized carbons (Fsp3) is 0.605. The Bertz CT molecular complexity index is 1500. The quantitative estimate of drug-likeness (QED) is 0.0833. The molecule has 3 aliphatic heterocycles. The molecule has 1 unspecified atom stereocenters. The van der Waals surface area contributed by atoms with Gasteiger partial charge in [0.15, 0.2) is 0 Å². The van der Waals surface area contributed by atoms with Crippen LogP contribution in [0.4, 0.5) is 0 Å². The molecule has 3 saturated heterocycles. The van der Waals surface area contributed by atoms with Crippen molar-refractivity contribution in [3.05, 3.63) is 76.1 Å². The van der Waals surface area contributed by atoms with Gasteiger partial charge in [-0.3, -0.25) is 10.1 Å². The number of rotatable bonds is 16. The topological polar surface area (TPSA) is 124 Å². The van der Waals surface area contributed by atoms with Gasteiger partial charge in [-0.05, 0) is 48.4 Å². The lowest BCUT2D eigenvalue weighted by Gasteiger charge is -2.53. The highest BCUT2D eigenvalue weighted by Crippen LogP contribution is 2.42. The van der Waals surface area contributed by atoms with Gasteiger partial charge < -0.3 is 34.3 Å². The van der Waals surface area contributed by atoms with Crippen LogP contribution in [0.3, 0.4) is 0 Å². The van der Waals surface area contributed by atoms with Crippen molar-refractivity contribution in [2.75, 3.05) is 45.9 Å². The number of aromatic hydroxyl groups is 1. The molecule has 3 aromatic rings. The van der Waals surface area contributed by atoms with Crippen molar-refractivity contribution in [3.63, 3.8) is 0 Å². The monoisotopic (exact) mass is 648 g/mol. The van der Waals surface area contributed by atoms with Crippen molar-refractivity contribution in [2.24, 2.45) is 11.8 Å². The second-order valence-corrected chi connectivity index (χ2v) is 14.4. The molecule has 0 spiro atoms. The average molecular weight is 649 g/mol. The number of nitrogens with zero attached hydrogens (tertiary/aromatic N) is 1. The number of benzene rings is 2. The van der Waals surface area contributed by atoms with Crippen molar-refractivity contribution in [1.29, 1.82) is 0 Å². The lowest BCUT2D eigenvalue weighted by Crippen LogP contribution is -2.65. The number of ether oxygens (including phenoxy) is 2. The van der Waals surface area contributed by atoms with Gasteiger partial charge in [0.25, 0.3) is 0 Å². The minimum atomic E-state index is -0.925. The maximum Gasteiger partial charge on any atom is 0.248 e. The van der Waals surface area contributed by atoms with Crippen molar-refractivity contribution in [2.45, 2.75) is 88.7 Å². The zero-order chi connectivity index (χ0) is 32.9. The predicted molar refractivity (Wildman–Crippen MR) is 183 cm³/mol. The van der Waals surface area contributed by atoms with Crippen LogP contribution in [0.5, 0.6) is 5.75 Å². The van der Waals surface area contributed by atoms with E-state index in [-0.39, 0.29) is 29.6 Å². The zero-order valence-electron chi connectivity index (χ0n) is 27.9. The van der Waals surface area contributed by atoms with Gasteiger partial charge in [0.1, 0.15) is 30.2 Å². The highest BCUT2D eigenvalue weighted by molar-refractivity contribution is 5.87. The Labute approximate surface area is 278 Å². The molecule has 4 heterocycles. The summed E-state index contributed by atoms with van der Waals surface area (Å²) in [6, 6.07) is 16.4. The number of H-pyrrole nitrogens is 1. The summed E-state index contributed by atoms with van der Waals surface area (Å²) in [5, 5.41) is 37.3. The van der Waals surface area contributed by atoms with E-state index in [1.165, 1.54) is 50.9 Å². The van der Waals surface area contributed by atoms with Gasteiger partial charge in [0, 0.05) is 43.2 Å². The number of aromatic amines is 1. The summed E-state index contributed by atoms with van der Waals surface area (Å²) >= 11 is 0. The number of aromatic nitrogens is 1. The van der Waals surface area contributed by atoms with E-state index in [1.54, 1.807) is 12.1 Å². The number of piperidine rings is 3. The molecule has 1 aromatic heterocycles. The van der Waals surface area contributed by atoms with Crippen molar-refractivity contribution < 1.29 is 29.3 Å². The van der Waals surface area contributed by atoms with Crippen molar-refractivity contribution >= 4 is 10.9 Å². The first-order valence-electron chi connectivity index (χ1n) is 17.9.